The highest BCUT2D eigenvalue weighted by molar-refractivity contribution is 5.76. The minimum Gasteiger partial charge on any atom is -0.394 e. The highest BCUT2D eigenvalue weighted by Crippen LogP contribution is 2.30. The van der Waals surface area contributed by atoms with Gasteiger partial charge >= 0.3 is 0 Å². The van der Waals surface area contributed by atoms with Crippen LogP contribution in [0.5, 0.6) is 0 Å². The first-order valence-electron chi connectivity index (χ1n) is 31.7. The van der Waals surface area contributed by atoms with E-state index in [2.05, 4.69) is 43.5 Å². The van der Waals surface area contributed by atoms with Gasteiger partial charge in [-0.15, -0.1) is 0 Å². The summed E-state index contributed by atoms with van der Waals surface area (Å²) in [5, 5.41) is 87.1. The van der Waals surface area contributed by atoms with E-state index in [0.717, 1.165) is 44.9 Å². The fourth-order valence-electron chi connectivity index (χ4n) is 10.4. The lowest BCUT2D eigenvalue weighted by Gasteiger charge is -2.46. The van der Waals surface area contributed by atoms with Gasteiger partial charge in [0.1, 0.15) is 48.8 Å². The topological polar surface area (TPSA) is 228 Å². The zero-order valence-corrected chi connectivity index (χ0v) is 48.7. The van der Waals surface area contributed by atoms with Gasteiger partial charge in [0.05, 0.1) is 32.0 Å². The molecule has 0 aromatic rings. The van der Waals surface area contributed by atoms with Crippen LogP contribution in [0, 0.1) is 0 Å². The second-order valence-electron chi connectivity index (χ2n) is 22.5. The Kier molecular flexibility index (Phi) is 45.3. The average Bonchev–Trinajstić information content (AvgIpc) is 3.45. The molecule has 2 rings (SSSR count). The molecule has 2 heterocycles. The zero-order chi connectivity index (χ0) is 56.0. The Morgan fingerprint density at radius 2 is 0.831 bits per heavy atom. The van der Waals surface area contributed by atoms with Crippen LogP contribution in [0.15, 0.2) is 36.5 Å². The molecule has 0 aromatic heterocycles. The molecule has 2 aliphatic rings. The summed E-state index contributed by atoms with van der Waals surface area (Å²) in [7, 11) is 0. The molecule has 0 aliphatic carbocycles. The van der Waals surface area contributed by atoms with Gasteiger partial charge in [0.15, 0.2) is 12.6 Å². The predicted molar refractivity (Wildman–Crippen MR) is 309 cm³/mol. The number of amides is 1. The van der Waals surface area contributed by atoms with Crippen LogP contribution >= 0.6 is 0 Å². The number of aliphatic hydroxyl groups excluding tert-OH is 8. The van der Waals surface area contributed by atoms with Gasteiger partial charge in [0.2, 0.25) is 5.91 Å². The molecule has 2 saturated heterocycles. The standard InChI is InChI=1S/C63H117NO13/c1-3-5-7-9-11-13-15-17-19-20-21-22-23-24-25-26-27-28-29-30-31-33-34-36-38-40-42-44-46-52(67)51(64-55(68)47-45-43-41-39-37-35-32-18-16-14-12-10-8-6-4-2)50-74-62-60(73)58(71)61(54(49-66)76-62)77-63-59(72)57(70)56(69)53(48-65)75-63/h30-31,36,38,44,46,51-54,56-63,65-67,69-73H,3-29,32-35,37,39-43,45,47-50H2,1-2H3,(H,64,68)/b31-30+,38-36+,46-44+. The molecule has 12 unspecified atom stereocenters. The van der Waals surface area contributed by atoms with Crippen LogP contribution in [0.2, 0.25) is 0 Å². The summed E-state index contributed by atoms with van der Waals surface area (Å²) in [5.74, 6) is -0.250. The quantitative estimate of drug-likeness (QED) is 0.0204. The number of carbonyl (C=O) groups is 1. The van der Waals surface area contributed by atoms with Crippen molar-refractivity contribution in [3.8, 4) is 0 Å². The number of aliphatic hydroxyl groups is 8. The van der Waals surface area contributed by atoms with Gasteiger partial charge in [0, 0.05) is 6.42 Å². The number of hydrogen-bond acceptors (Lipinski definition) is 13. The van der Waals surface area contributed by atoms with E-state index < -0.39 is 86.8 Å². The van der Waals surface area contributed by atoms with Crippen molar-refractivity contribution in [2.24, 2.45) is 0 Å². The monoisotopic (exact) mass is 1100 g/mol. The fraction of sp³-hybridized carbons (Fsp3) is 0.889. The third-order valence-corrected chi connectivity index (χ3v) is 15.6. The summed E-state index contributed by atoms with van der Waals surface area (Å²) in [6, 6.07) is -0.935. The third kappa shape index (κ3) is 34.3. The summed E-state index contributed by atoms with van der Waals surface area (Å²) < 4.78 is 22.8. The number of ether oxygens (including phenoxy) is 4. The fourth-order valence-corrected chi connectivity index (χ4v) is 10.4. The highest BCUT2D eigenvalue weighted by atomic mass is 16.7. The Bertz CT molecular complexity index is 1430. The summed E-state index contributed by atoms with van der Waals surface area (Å²) in [6.45, 7) is 2.80. The van der Waals surface area contributed by atoms with Crippen LogP contribution in [-0.2, 0) is 23.7 Å². The smallest absolute Gasteiger partial charge is 0.220 e. The van der Waals surface area contributed by atoms with Crippen molar-refractivity contribution in [3.05, 3.63) is 36.5 Å². The Hall–Kier alpha value is -1.79. The van der Waals surface area contributed by atoms with Gasteiger partial charge in [-0.25, -0.2) is 0 Å². The lowest BCUT2D eigenvalue weighted by Crippen LogP contribution is -2.65. The van der Waals surface area contributed by atoms with E-state index in [0.29, 0.717) is 12.8 Å². The molecule has 2 aliphatic heterocycles. The van der Waals surface area contributed by atoms with Gasteiger partial charge in [-0.05, 0) is 44.9 Å². The molecule has 12 atom stereocenters. The van der Waals surface area contributed by atoms with Gasteiger partial charge in [-0.2, -0.15) is 0 Å². The zero-order valence-electron chi connectivity index (χ0n) is 48.7. The largest absolute Gasteiger partial charge is 0.394 e. The summed E-state index contributed by atoms with van der Waals surface area (Å²) >= 11 is 0. The lowest BCUT2D eigenvalue weighted by atomic mass is 9.97. The van der Waals surface area contributed by atoms with Crippen LogP contribution in [0.3, 0.4) is 0 Å². The van der Waals surface area contributed by atoms with Gasteiger partial charge < -0.3 is 65.1 Å². The molecule has 9 N–H and O–H groups in total. The molecular weight excluding hydrogens is 979 g/mol. The number of unbranched alkanes of at least 4 members (excludes halogenated alkanes) is 34. The molecular formula is C63H117NO13. The first-order valence-corrected chi connectivity index (χ1v) is 31.7. The molecule has 0 aromatic carbocycles. The molecule has 1 amide bonds. The summed E-state index contributed by atoms with van der Waals surface area (Å²) in [4.78, 5) is 13.2. The number of rotatable bonds is 51. The van der Waals surface area contributed by atoms with Crippen LogP contribution < -0.4 is 5.32 Å². The van der Waals surface area contributed by atoms with E-state index in [1.807, 2.05) is 6.08 Å². The van der Waals surface area contributed by atoms with Crippen molar-refractivity contribution in [1.29, 1.82) is 0 Å². The van der Waals surface area contributed by atoms with E-state index in [4.69, 9.17) is 18.9 Å². The number of allylic oxidation sites excluding steroid dienone is 5. The predicted octanol–water partition coefficient (Wildman–Crippen LogP) is 11.4. The lowest BCUT2D eigenvalue weighted by molar-refractivity contribution is -0.359. The van der Waals surface area contributed by atoms with E-state index in [1.165, 1.54) is 186 Å². The molecule has 77 heavy (non-hydrogen) atoms. The van der Waals surface area contributed by atoms with Crippen LogP contribution in [0.1, 0.15) is 264 Å². The molecule has 452 valence electrons. The Labute approximate surface area is 468 Å². The first-order chi connectivity index (χ1) is 37.6. The molecule has 14 heteroatoms. The minimum absolute atomic E-state index is 0.250. The van der Waals surface area contributed by atoms with E-state index >= 15 is 0 Å². The van der Waals surface area contributed by atoms with E-state index in [1.54, 1.807) is 6.08 Å². The number of carbonyl (C=O) groups excluding carboxylic acids is 1. The molecule has 2 fully saturated rings. The van der Waals surface area contributed by atoms with Gasteiger partial charge in [-0.3, -0.25) is 4.79 Å². The minimum atomic E-state index is -1.79. The maximum absolute atomic E-state index is 13.2. The van der Waals surface area contributed by atoms with Crippen LogP contribution in [0.25, 0.3) is 0 Å². The van der Waals surface area contributed by atoms with E-state index in [9.17, 15) is 45.6 Å². The van der Waals surface area contributed by atoms with Crippen molar-refractivity contribution in [1.82, 2.24) is 5.32 Å². The van der Waals surface area contributed by atoms with Crippen molar-refractivity contribution in [2.45, 2.75) is 338 Å². The molecule has 0 saturated carbocycles. The van der Waals surface area contributed by atoms with Gasteiger partial charge in [-0.1, -0.05) is 249 Å². The van der Waals surface area contributed by atoms with Crippen molar-refractivity contribution < 1.29 is 64.6 Å². The van der Waals surface area contributed by atoms with Crippen LogP contribution in [-0.4, -0.2) is 140 Å². The Morgan fingerprint density at radius 1 is 0.455 bits per heavy atom. The van der Waals surface area contributed by atoms with Crippen molar-refractivity contribution in [3.63, 3.8) is 0 Å². The maximum atomic E-state index is 13.2. The van der Waals surface area contributed by atoms with Crippen molar-refractivity contribution >= 4 is 5.91 Å². The summed E-state index contributed by atoms with van der Waals surface area (Å²) in [6.07, 6.45) is 43.4. The molecule has 0 radical (unpaired) electrons. The van der Waals surface area contributed by atoms with Gasteiger partial charge in [0.25, 0.3) is 0 Å². The number of nitrogens with one attached hydrogen (secondary N) is 1. The average molecular weight is 1100 g/mol. The normalized spacial score (nSPS) is 24.9. The SMILES string of the molecule is CCCCCCCCCCCCCCCCCCCC/C=C/CC/C=C/CC/C=C/C(O)C(COC1OC(CO)C(OC2OC(CO)C(O)C(O)C2O)C(O)C1O)NC(=O)CCCCCCCCCCCCCCCCC. The molecule has 0 bridgehead atoms. The van der Waals surface area contributed by atoms with Crippen LogP contribution in [0.4, 0.5) is 0 Å². The summed E-state index contributed by atoms with van der Waals surface area (Å²) in [5.41, 5.74) is 0. The number of hydrogen-bond donors (Lipinski definition) is 9. The maximum Gasteiger partial charge on any atom is 0.220 e. The van der Waals surface area contributed by atoms with Crippen molar-refractivity contribution in [2.75, 3.05) is 19.8 Å². The molecule has 14 nitrogen and oxygen atoms in total. The Balaban J connectivity index is 1.74. The second kappa shape index (κ2) is 48.9. The van der Waals surface area contributed by atoms with E-state index in [-0.39, 0.29) is 18.9 Å². The first kappa shape index (κ1) is 71.3. The molecule has 0 spiro atoms. The second-order valence-corrected chi connectivity index (χ2v) is 22.5. The Morgan fingerprint density at radius 3 is 1.27 bits per heavy atom. The highest BCUT2D eigenvalue weighted by Gasteiger charge is 2.51. The third-order valence-electron chi connectivity index (χ3n) is 15.6.